The standard InChI is InChI=1S/C9H10FNO/c10-6-12-9-3-1-2-7-4-11-5-8(7)9/h1-3,11H,4-6H2. The quantitative estimate of drug-likeness (QED) is 0.722. The molecule has 1 aromatic rings. The van der Waals surface area contributed by atoms with Crippen LogP contribution in [0.25, 0.3) is 0 Å². The van der Waals surface area contributed by atoms with E-state index in [1.165, 1.54) is 5.56 Å². The first-order valence-corrected chi connectivity index (χ1v) is 3.92. The molecule has 0 aromatic heterocycles. The molecule has 0 amide bonds. The van der Waals surface area contributed by atoms with Gasteiger partial charge < -0.3 is 10.1 Å². The molecule has 1 N–H and O–H groups in total. The maximum absolute atomic E-state index is 11.9. The van der Waals surface area contributed by atoms with Crippen LogP contribution in [0.15, 0.2) is 18.2 Å². The lowest BCUT2D eigenvalue weighted by molar-refractivity contribution is 0.190. The second-order valence-electron chi connectivity index (χ2n) is 2.75. The fourth-order valence-corrected chi connectivity index (χ4v) is 1.49. The van der Waals surface area contributed by atoms with E-state index < -0.39 is 6.86 Å². The Morgan fingerprint density at radius 1 is 1.42 bits per heavy atom. The third-order valence-corrected chi connectivity index (χ3v) is 2.06. The van der Waals surface area contributed by atoms with Crippen LogP contribution in [-0.2, 0) is 13.1 Å². The summed E-state index contributed by atoms with van der Waals surface area (Å²) in [5.41, 5.74) is 2.30. The van der Waals surface area contributed by atoms with Crippen molar-refractivity contribution in [3.05, 3.63) is 29.3 Å². The van der Waals surface area contributed by atoms with Gasteiger partial charge in [0.05, 0.1) is 0 Å². The average Bonchev–Trinajstić information content (AvgIpc) is 2.53. The second kappa shape index (κ2) is 3.11. The van der Waals surface area contributed by atoms with Crippen LogP contribution in [0, 0.1) is 0 Å². The van der Waals surface area contributed by atoms with Crippen molar-refractivity contribution in [2.24, 2.45) is 0 Å². The molecule has 0 saturated carbocycles. The van der Waals surface area contributed by atoms with E-state index in [0.29, 0.717) is 5.75 Å². The number of halogens is 1. The van der Waals surface area contributed by atoms with E-state index in [0.717, 1.165) is 18.7 Å². The molecule has 0 fully saturated rings. The highest BCUT2D eigenvalue weighted by Crippen LogP contribution is 2.25. The summed E-state index contributed by atoms with van der Waals surface area (Å²) in [6.07, 6.45) is 0. The Balaban J connectivity index is 2.36. The molecule has 64 valence electrons. The molecular weight excluding hydrogens is 157 g/mol. The number of hydrogen-bond donors (Lipinski definition) is 1. The molecule has 2 rings (SSSR count). The summed E-state index contributed by atoms with van der Waals surface area (Å²) in [4.78, 5) is 0. The highest BCUT2D eigenvalue weighted by molar-refractivity contribution is 5.42. The lowest BCUT2D eigenvalue weighted by Gasteiger charge is -2.05. The molecule has 0 unspecified atom stereocenters. The summed E-state index contributed by atoms with van der Waals surface area (Å²) in [6.45, 7) is 0.890. The van der Waals surface area contributed by atoms with Crippen LogP contribution in [0.1, 0.15) is 11.1 Å². The van der Waals surface area contributed by atoms with Gasteiger partial charge in [-0.25, -0.2) is 4.39 Å². The minimum atomic E-state index is -0.754. The molecule has 0 bridgehead atoms. The van der Waals surface area contributed by atoms with E-state index in [4.69, 9.17) is 4.74 Å². The van der Waals surface area contributed by atoms with Gasteiger partial charge in [0.1, 0.15) is 5.75 Å². The van der Waals surface area contributed by atoms with E-state index in [1.54, 1.807) is 6.07 Å². The zero-order valence-corrected chi connectivity index (χ0v) is 6.64. The van der Waals surface area contributed by atoms with E-state index in [-0.39, 0.29) is 0 Å². The number of rotatable bonds is 2. The number of fused-ring (bicyclic) bond motifs is 1. The van der Waals surface area contributed by atoms with Gasteiger partial charge in [0.25, 0.3) is 0 Å². The van der Waals surface area contributed by atoms with Crippen molar-refractivity contribution in [2.75, 3.05) is 6.86 Å². The molecule has 1 aliphatic rings. The molecule has 1 heterocycles. The van der Waals surface area contributed by atoms with Crippen molar-refractivity contribution in [2.45, 2.75) is 13.1 Å². The monoisotopic (exact) mass is 167 g/mol. The van der Waals surface area contributed by atoms with Crippen LogP contribution >= 0.6 is 0 Å². The third-order valence-electron chi connectivity index (χ3n) is 2.06. The van der Waals surface area contributed by atoms with Crippen LogP contribution in [0.2, 0.25) is 0 Å². The summed E-state index contributed by atoms with van der Waals surface area (Å²) in [5.74, 6) is 0.667. The Labute approximate surface area is 70.3 Å². The SMILES string of the molecule is FCOc1cccc2c1CNC2. The molecule has 0 aliphatic carbocycles. The Hall–Kier alpha value is -1.09. The Kier molecular flexibility index (Phi) is 1.96. The lowest BCUT2D eigenvalue weighted by atomic mass is 10.1. The Morgan fingerprint density at radius 2 is 2.33 bits per heavy atom. The van der Waals surface area contributed by atoms with Gasteiger partial charge in [-0.3, -0.25) is 0 Å². The molecule has 0 saturated heterocycles. The Bertz CT molecular complexity index is 288. The molecule has 12 heavy (non-hydrogen) atoms. The van der Waals surface area contributed by atoms with Crippen molar-refractivity contribution >= 4 is 0 Å². The highest BCUT2D eigenvalue weighted by atomic mass is 19.1. The first-order valence-electron chi connectivity index (χ1n) is 3.92. The fraction of sp³-hybridized carbons (Fsp3) is 0.333. The van der Waals surface area contributed by atoms with Crippen molar-refractivity contribution in [3.8, 4) is 5.75 Å². The van der Waals surface area contributed by atoms with Crippen molar-refractivity contribution in [3.63, 3.8) is 0 Å². The minimum Gasteiger partial charge on any atom is -0.463 e. The van der Waals surface area contributed by atoms with E-state index in [2.05, 4.69) is 5.32 Å². The molecule has 0 spiro atoms. The van der Waals surface area contributed by atoms with E-state index in [1.807, 2.05) is 12.1 Å². The maximum atomic E-state index is 11.9. The van der Waals surface area contributed by atoms with Gasteiger partial charge in [-0.15, -0.1) is 0 Å². The molecule has 0 radical (unpaired) electrons. The molecule has 0 atom stereocenters. The van der Waals surface area contributed by atoms with Crippen molar-refractivity contribution in [1.29, 1.82) is 0 Å². The summed E-state index contributed by atoms with van der Waals surface area (Å²) in [7, 11) is 0. The van der Waals surface area contributed by atoms with Crippen LogP contribution in [-0.4, -0.2) is 6.86 Å². The van der Waals surface area contributed by atoms with E-state index in [9.17, 15) is 4.39 Å². The molecule has 1 aliphatic heterocycles. The average molecular weight is 167 g/mol. The molecule has 2 nitrogen and oxygen atoms in total. The first kappa shape index (κ1) is 7.55. The molecule has 1 aromatic carbocycles. The first-order chi connectivity index (χ1) is 5.92. The van der Waals surface area contributed by atoms with E-state index >= 15 is 0 Å². The summed E-state index contributed by atoms with van der Waals surface area (Å²) in [5, 5.41) is 3.18. The van der Waals surface area contributed by atoms with Crippen molar-refractivity contribution in [1.82, 2.24) is 5.32 Å². The van der Waals surface area contributed by atoms with Gasteiger partial charge in [0.2, 0.25) is 6.86 Å². The molecular formula is C9H10FNO. The van der Waals surface area contributed by atoms with Crippen LogP contribution in [0.3, 0.4) is 0 Å². The van der Waals surface area contributed by atoms with Gasteiger partial charge in [-0.05, 0) is 11.6 Å². The zero-order valence-electron chi connectivity index (χ0n) is 6.64. The summed E-state index contributed by atoms with van der Waals surface area (Å²) >= 11 is 0. The summed E-state index contributed by atoms with van der Waals surface area (Å²) in [6, 6.07) is 5.71. The zero-order chi connectivity index (χ0) is 8.39. The predicted molar refractivity (Wildman–Crippen MR) is 43.6 cm³/mol. The van der Waals surface area contributed by atoms with Gasteiger partial charge in [-0.1, -0.05) is 12.1 Å². The summed E-state index contributed by atoms with van der Waals surface area (Å²) < 4.78 is 16.7. The van der Waals surface area contributed by atoms with Gasteiger partial charge in [0.15, 0.2) is 0 Å². The number of hydrogen-bond acceptors (Lipinski definition) is 2. The second-order valence-corrected chi connectivity index (χ2v) is 2.75. The topological polar surface area (TPSA) is 21.3 Å². The molecule has 3 heteroatoms. The van der Waals surface area contributed by atoms with Crippen molar-refractivity contribution < 1.29 is 9.13 Å². The lowest BCUT2D eigenvalue weighted by Crippen LogP contribution is -2.01. The van der Waals surface area contributed by atoms with Gasteiger partial charge in [-0.2, -0.15) is 0 Å². The third kappa shape index (κ3) is 1.16. The maximum Gasteiger partial charge on any atom is 0.228 e. The minimum absolute atomic E-state index is 0.667. The smallest absolute Gasteiger partial charge is 0.228 e. The predicted octanol–water partition coefficient (Wildman–Crippen LogP) is 1.60. The number of benzene rings is 1. The Morgan fingerprint density at radius 3 is 3.17 bits per heavy atom. The number of alkyl halides is 1. The highest BCUT2D eigenvalue weighted by Gasteiger charge is 2.13. The van der Waals surface area contributed by atoms with Crippen LogP contribution in [0.4, 0.5) is 4.39 Å². The number of ether oxygens (including phenoxy) is 1. The number of nitrogens with one attached hydrogen (secondary N) is 1. The van der Waals surface area contributed by atoms with Crippen LogP contribution in [0.5, 0.6) is 5.75 Å². The largest absolute Gasteiger partial charge is 0.463 e. The van der Waals surface area contributed by atoms with Gasteiger partial charge in [0, 0.05) is 18.7 Å². The normalized spacial score (nSPS) is 14.4. The van der Waals surface area contributed by atoms with Gasteiger partial charge >= 0.3 is 0 Å². The van der Waals surface area contributed by atoms with Crippen LogP contribution < -0.4 is 10.1 Å². The fourth-order valence-electron chi connectivity index (χ4n) is 1.49.